The predicted octanol–water partition coefficient (Wildman–Crippen LogP) is 2.57. The molecule has 0 aliphatic heterocycles. The van der Waals surface area contributed by atoms with Crippen LogP contribution in [0.25, 0.3) is 5.70 Å². The first-order valence-corrected chi connectivity index (χ1v) is 5.30. The van der Waals surface area contributed by atoms with Gasteiger partial charge in [0.25, 0.3) is 0 Å². The van der Waals surface area contributed by atoms with Crippen molar-refractivity contribution in [1.82, 2.24) is 15.5 Å². The second-order valence-electron chi connectivity index (χ2n) is 4.28. The van der Waals surface area contributed by atoms with Crippen molar-refractivity contribution >= 4 is 5.70 Å². The molecule has 15 heavy (non-hydrogen) atoms. The van der Waals surface area contributed by atoms with Crippen molar-refractivity contribution in [2.45, 2.75) is 39.7 Å². The SMILES string of the molecule is C=C(NC(C)C)c1ccc(C(C)C)nn1. The summed E-state index contributed by atoms with van der Waals surface area (Å²) in [5.41, 5.74) is 2.65. The van der Waals surface area contributed by atoms with Gasteiger partial charge in [-0.1, -0.05) is 20.4 Å². The molecule has 0 radical (unpaired) electrons. The van der Waals surface area contributed by atoms with Crippen LogP contribution in [0.15, 0.2) is 18.7 Å². The zero-order valence-corrected chi connectivity index (χ0v) is 9.91. The third-order valence-electron chi connectivity index (χ3n) is 2.05. The molecule has 0 amide bonds. The van der Waals surface area contributed by atoms with Gasteiger partial charge in [0.2, 0.25) is 0 Å². The van der Waals surface area contributed by atoms with E-state index >= 15 is 0 Å². The van der Waals surface area contributed by atoms with Crippen LogP contribution in [-0.2, 0) is 0 Å². The predicted molar refractivity (Wildman–Crippen MR) is 63.4 cm³/mol. The van der Waals surface area contributed by atoms with E-state index in [1.54, 1.807) is 0 Å². The fourth-order valence-corrected chi connectivity index (χ4v) is 1.23. The molecule has 1 heterocycles. The van der Waals surface area contributed by atoms with E-state index in [-0.39, 0.29) is 0 Å². The second-order valence-corrected chi connectivity index (χ2v) is 4.28. The Morgan fingerprint density at radius 1 is 1.20 bits per heavy atom. The Labute approximate surface area is 91.6 Å². The summed E-state index contributed by atoms with van der Waals surface area (Å²) in [6, 6.07) is 4.32. The van der Waals surface area contributed by atoms with Crippen molar-refractivity contribution in [2.75, 3.05) is 0 Å². The van der Waals surface area contributed by atoms with Gasteiger partial charge in [-0.05, 0) is 31.9 Å². The molecule has 1 aromatic rings. The van der Waals surface area contributed by atoms with E-state index in [0.717, 1.165) is 17.1 Å². The minimum atomic E-state index is 0.365. The molecule has 1 N–H and O–H groups in total. The van der Waals surface area contributed by atoms with E-state index in [2.05, 4.69) is 49.8 Å². The quantitative estimate of drug-likeness (QED) is 0.821. The lowest BCUT2D eigenvalue weighted by Gasteiger charge is -2.12. The highest BCUT2D eigenvalue weighted by Gasteiger charge is 2.05. The molecule has 1 rings (SSSR count). The summed E-state index contributed by atoms with van der Waals surface area (Å²) in [6.07, 6.45) is 0. The van der Waals surface area contributed by atoms with E-state index in [0.29, 0.717) is 12.0 Å². The van der Waals surface area contributed by atoms with E-state index in [1.165, 1.54) is 0 Å². The van der Waals surface area contributed by atoms with Crippen LogP contribution in [0, 0.1) is 0 Å². The summed E-state index contributed by atoms with van der Waals surface area (Å²) in [5.74, 6) is 0.415. The van der Waals surface area contributed by atoms with Gasteiger partial charge in [0, 0.05) is 6.04 Å². The Bertz CT molecular complexity index is 325. The fourth-order valence-electron chi connectivity index (χ4n) is 1.23. The van der Waals surface area contributed by atoms with Crippen LogP contribution in [-0.4, -0.2) is 16.2 Å². The number of nitrogens with zero attached hydrogens (tertiary/aromatic N) is 2. The molecule has 0 aliphatic rings. The Kier molecular flexibility index (Phi) is 3.83. The molecular weight excluding hydrogens is 186 g/mol. The minimum Gasteiger partial charge on any atom is -0.382 e. The topological polar surface area (TPSA) is 37.8 Å². The van der Waals surface area contributed by atoms with Gasteiger partial charge in [-0.15, -0.1) is 5.10 Å². The lowest BCUT2D eigenvalue weighted by molar-refractivity contribution is 0.710. The summed E-state index contributed by atoms with van der Waals surface area (Å²) in [4.78, 5) is 0. The summed E-state index contributed by atoms with van der Waals surface area (Å²) < 4.78 is 0. The van der Waals surface area contributed by atoms with Crippen molar-refractivity contribution in [3.05, 3.63) is 30.1 Å². The average Bonchev–Trinajstić information content (AvgIpc) is 2.17. The number of hydrogen-bond acceptors (Lipinski definition) is 3. The van der Waals surface area contributed by atoms with Gasteiger partial charge in [-0.3, -0.25) is 0 Å². The largest absolute Gasteiger partial charge is 0.382 e. The van der Waals surface area contributed by atoms with Crippen LogP contribution in [0.5, 0.6) is 0 Å². The first-order valence-electron chi connectivity index (χ1n) is 5.30. The summed E-state index contributed by atoms with van der Waals surface area (Å²) in [5, 5.41) is 11.5. The normalized spacial score (nSPS) is 10.8. The van der Waals surface area contributed by atoms with Crippen molar-refractivity contribution < 1.29 is 0 Å². The maximum absolute atomic E-state index is 4.16. The van der Waals surface area contributed by atoms with E-state index in [9.17, 15) is 0 Å². The lowest BCUT2D eigenvalue weighted by Crippen LogP contribution is -2.21. The first kappa shape index (κ1) is 11.7. The smallest absolute Gasteiger partial charge is 0.108 e. The second kappa shape index (κ2) is 4.91. The van der Waals surface area contributed by atoms with Crippen LogP contribution in [0.3, 0.4) is 0 Å². The molecule has 0 spiro atoms. The van der Waals surface area contributed by atoms with Crippen LogP contribution < -0.4 is 5.32 Å². The van der Waals surface area contributed by atoms with E-state index in [1.807, 2.05) is 12.1 Å². The molecule has 0 saturated carbocycles. The van der Waals surface area contributed by atoms with Gasteiger partial charge in [-0.2, -0.15) is 5.10 Å². The molecule has 3 heteroatoms. The first-order chi connectivity index (χ1) is 7.00. The van der Waals surface area contributed by atoms with Gasteiger partial charge in [0.1, 0.15) is 5.69 Å². The molecule has 1 aromatic heterocycles. The number of aromatic nitrogens is 2. The highest BCUT2D eigenvalue weighted by atomic mass is 15.1. The zero-order chi connectivity index (χ0) is 11.4. The van der Waals surface area contributed by atoms with Gasteiger partial charge >= 0.3 is 0 Å². The number of hydrogen-bond donors (Lipinski definition) is 1. The third kappa shape index (κ3) is 3.35. The Hall–Kier alpha value is -1.38. The molecule has 0 saturated heterocycles. The van der Waals surface area contributed by atoms with Crippen molar-refractivity contribution in [1.29, 1.82) is 0 Å². The average molecular weight is 205 g/mol. The van der Waals surface area contributed by atoms with Crippen molar-refractivity contribution in [3.63, 3.8) is 0 Å². The monoisotopic (exact) mass is 205 g/mol. The number of nitrogens with one attached hydrogen (secondary N) is 1. The molecule has 0 aliphatic carbocycles. The van der Waals surface area contributed by atoms with Gasteiger partial charge in [-0.25, -0.2) is 0 Å². The molecule has 0 unspecified atom stereocenters. The fraction of sp³-hybridized carbons (Fsp3) is 0.500. The maximum atomic E-state index is 4.16. The maximum Gasteiger partial charge on any atom is 0.108 e. The zero-order valence-electron chi connectivity index (χ0n) is 9.91. The van der Waals surface area contributed by atoms with Gasteiger partial charge < -0.3 is 5.32 Å². The van der Waals surface area contributed by atoms with Crippen molar-refractivity contribution in [3.8, 4) is 0 Å². The van der Waals surface area contributed by atoms with Gasteiger partial charge in [0.05, 0.1) is 11.4 Å². The molecule has 0 atom stereocenters. The molecule has 0 fully saturated rings. The van der Waals surface area contributed by atoms with Crippen LogP contribution >= 0.6 is 0 Å². The highest BCUT2D eigenvalue weighted by Crippen LogP contribution is 2.12. The summed E-state index contributed by atoms with van der Waals surface area (Å²) >= 11 is 0. The Morgan fingerprint density at radius 2 is 1.87 bits per heavy atom. The molecule has 3 nitrogen and oxygen atoms in total. The molecular formula is C12H19N3. The molecule has 82 valence electrons. The number of rotatable bonds is 4. The van der Waals surface area contributed by atoms with Crippen LogP contribution in [0.4, 0.5) is 0 Å². The third-order valence-corrected chi connectivity index (χ3v) is 2.05. The Balaban J connectivity index is 2.75. The Morgan fingerprint density at radius 3 is 2.27 bits per heavy atom. The van der Waals surface area contributed by atoms with Gasteiger partial charge in [0.15, 0.2) is 0 Å². The van der Waals surface area contributed by atoms with Crippen LogP contribution in [0.1, 0.15) is 45.0 Å². The van der Waals surface area contributed by atoms with E-state index in [4.69, 9.17) is 0 Å². The lowest BCUT2D eigenvalue weighted by atomic mass is 10.1. The minimum absolute atomic E-state index is 0.365. The van der Waals surface area contributed by atoms with Crippen LogP contribution in [0.2, 0.25) is 0 Å². The standard InChI is InChI=1S/C12H19N3/c1-8(2)11-6-7-12(15-14-11)10(5)13-9(3)4/h6-9,13H,5H2,1-4H3. The summed E-state index contributed by atoms with van der Waals surface area (Å²) in [7, 11) is 0. The van der Waals surface area contributed by atoms with Crippen molar-refractivity contribution in [2.24, 2.45) is 0 Å². The molecule has 0 bridgehead atoms. The van der Waals surface area contributed by atoms with E-state index < -0.39 is 0 Å². The highest BCUT2D eigenvalue weighted by molar-refractivity contribution is 5.57. The summed E-state index contributed by atoms with van der Waals surface area (Å²) in [6.45, 7) is 12.3. The molecule has 0 aromatic carbocycles.